The van der Waals surface area contributed by atoms with E-state index in [2.05, 4.69) is 34.6 Å². The molecule has 0 aromatic rings. The van der Waals surface area contributed by atoms with E-state index < -0.39 is 6.10 Å². The van der Waals surface area contributed by atoms with E-state index in [1.807, 2.05) is 0 Å². The van der Waals surface area contributed by atoms with E-state index in [-0.39, 0.29) is 31.1 Å². The van der Waals surface area contributed by atoms with Crippen LogP contribution in [0.3, 0.4) is 0 Å². The highest BCUT2D eigenvalue weighted by molar-refractivity contribution is 5.71. The Bertz CT molecular complexity index is 931. The van der Waals surface area contributed by atoms with Gasteiger partial charge < -0.3 is 14.2 Å². The second kappa shape index (κ2) is 47.9. The van der Waals surface area contributed by atoms with Crippen LogP contribution in [0.15, 0.2) is 0 Å². The number of carbonyl (C=O) groups is 3. The lowest BCUT2D eigenvalue weighted by molar-refractivity contribution is -0.167. The monoisotopic (exact) mass is 863 g/mol. The summed E-state index contributed by atoms with van der Waals surface area (Å²) in [6, 6.07) is 0. The van der Waals surface area contributed by atoms with Crippen LogP contribution in [0.25, 0.3) is 0 Å². The predicted octanol–water partition coefficient (Wildman–Crippen LogP) is 17.7. The summed E-state index contributed by atoms with van der Waals surface area (Å²) in [7, 11) is 0. The quantitative estimate of drug-likeness (QED) is 0.0344. The molecule has 0 aromatic carbocycles. The Morgan fingerprint density at radius 1 is 0.311 bits per heavy atom. The van der Waals surface area contributed by atoms with Crippen molar-refractivity contribution in [3.05, 3.63) is 0 Å². The maximum atomic E-state index is 12.8. The first-order valence-corrected chi connectivity index (χ1v) is 27.2. The average Bonchev–Trinajstić information content (AvgIpc) is 3.23. The van der Waals surface area contributed by atoms with Gasteiger partial charge in [-0.25, -0.2) is 0 Å². The van der Waals surface area contributed by atoms with Gasteiger partial charge in [-0.1, -0.05) is 266 Å². The summed E-state index contributed by atoms with van der Waals surface area (Å²) in [4.78, 5) is 38.0. The number of rotatable bonds is 49. The minimum absolute atomic E-state index is 0.0633. The zero-order chi connectivity index (χ0) is 44.7. The molecule has 362 valence electrons. The van der Waals surface area contributed by atoms with Gasteiger partial charge in [0.15, 0.2) is 6.10 Å². The van der Waals surface area contributed by atoms with Crippen LogP contribution < -0.4 is 0 Å². The third kappa shape index (κ3) is 49.3. The predicted molar refractivity (Wildman–Crippen MR) is 261 cm³/mol. The van der Waals surface area contributed by atoms with Crippen LogP contribution in [-0.2, 0) is 28.6 Å². The minimum Gasteiger partial charge on any atom is -0.462 e. The van der Waals surface area contributed by atoms with Crippen LogP contribution in [0.1, 0.15) is 304 Å². The first-order valence-electron chi connectivity index (χ1n) is 27.2. The van der Waals surface area contributed by atoms with Crippen molar-refractivity contribution in [3.8, 4) is 0 Å². The molecule has 0 aliphatic heterocycles. The summed E-state index contributed by atoms with van der Waals surface area (Å²) in [5.74, 6) is 0.809. The van der Waals surface area contributed by atoms with Gasteiger partial charge in [0.05, 0.1) is 0 Å². The molecule has 0 aromatic heterocycles. The maximum absolute atomic E-state index is 12.8. The number of ether oxygens (including phenoxy) is 3. The molecule has 0 heterocycles. The lowest BCUT2D eigenvalue weighted by Crippen LogP contribution is -2.30. The first-order chi connectivity index (χ1) is 29.7. The van der Waals surface area contributed by atoms with Crippen LogP contribution >= 0.6 is 0 Å². The smallest absolute Gasteiger partial charge is 0.306 e. The molecule has 0 radical (unpaired) electrons. The molecule has 0 fully saturated rings. The first kappa shape index (κ1) is 59.4. The molecule has 0 saturated heterocycles. The van der Waals surface area contributed by atoms with Gasteiger partial charge in [0.25, 0.3) is 0 Å². The van der Waals surface area contributed by atoms with Crippen molar-refractivity contribution in [2.24, 2.45) is 11.8 Å². The molecule has 0 saturated carbocycles. The average molecular weight is 863 g/mol. The number of carbonyl (C=O) groups excluding carboxylic acids is 3. The van der Waals surface area contributed by atoms with Crippen LogP contribution in [0, 0.1) is 11.8 Å². The fraction of sp³-hybridized carbons (Fsp3) is 0.945. The van der Waals surface area contributed by atoms with Crippen LogP contribution in [0.4, 0.5) is 0 Å². The molecule has 0 amide bonds. The van der Waals surface area contributed by atoms with E-state index in [0.717, 1.165) is 69.6 Å². The van der Waals surface area contributed by atoms with Gasteiger partial charge in [0.1, 0.15) is 13.2 Å². The molecule has 61 heavy (non-hydrogen) atoms. The SMILES string of the molecule is CCCCCCCCCCCCCCCCC(=O)O[C@H](COC(=O)CCCCCCCCCCCCCCCCC(C)C)COC(=O)CCCCCCCCCCCC(C)C. The summed E-state index contributed by atoms with van der Waals surface area (Å²) in [6.45, 7) is 11.4. The molecule has 0 aliphatic rings. The summed E-state index contributed by atoms with van der Waals surface area (Å²) in [5, 5.41) is 0. The maximum Gasteiger partial charge on any atom is 0.306 e. The molecular weight excluding hydrogens is 757 g/mol. The third-order valence-corrected chi connectivity index (χ3v) is 12.5. The Labute approximate surface area is 380 Å². The summed E-state index contributed by atoms with van der Waals surface area (Å²) in [6.07, 6.45) is 49.5. The van der Waals surface area contributed by atoms with Crippen molar-refractivity contribution >= 4 is 17.9 Å². The van der Waals surface area contributed by atoms with E-state index in [4.69, 9.17) is 14.2 Å². The van der Waals surface area contributed by atoms with Gasteiger partial charge in [0, 0.05) is 19.3 Å². The van der Waals surface area contributed by atoms with Crippen LogP contribution in [-0.4, -0.2) is 37.2 Å². The lowest BCUT2D eigenvalue weighted by atomic mass is 10.0. The molecular formula is C55H106O6. The summed E-state index contributed by atoms with van der Waals surface area (Å²) >= 11 is 0. The molecule has 0 spiro atoms. The van der Waals surface area contributed by atoms with Crippen LogP contribution in [0.2, 0.25) is 0 Å². The summed E-state index contributed by atoms with van der Waals surface area (Å²) in [5.41, 5.74) is 0. The van der Waals surface area contributed by atoms with Gasteiger partial charge in [-0.15, -0.1) is 0 Å². The fourth-order valence-electron chi connectivity index (χ4n) is 8.34. The topological polar surface area (TPSA) is 78.9 Å². The molecule has 1 atom stereocenters. The molecule has 0 N–H and O–H groups in total. The minimum atomic E-state index is -0.762. The van der Waals surface area contributed by atoms with Gasteiger partial charge in [0.2, 0.25) is 0 Å². The zero-order valence-electron chi connectivity index (χ0n) is 41.8. The van der Waals surface area contributed by atoms with Gasteiger partial charge >= 0.3 is 17.9 Å². The Hall–Kier alpha value is -1.59. The largest absolute Gasteiger partial charge is 0.462 e. The molecule has 0 rings (SSSR count). The third-order valence-electron chi connectivity index (χ3n) is 12.5. The van der Waals surface area contributed by atoms with E-state index in [9.17, 15) is 14.4 Å². The molecule has 0 aliphatic carbocycles. The number of hydrogen-bond donors (Lipinski definition) is 0. The van der Waals surface area contributed by atoms with E-state index in [1.165, 1.54) is 193 Å². The molecule has 6 heteroatoms. The van der Waals surface area contributed by atoms with Crippen molar-refractivity contribution in [1.82, 2.24) is 0 Å². The number of unbranched alkanes of at least 4 members (excludes halogenated alkanes) is 34. The Morgan fingerprint density at radius 2 is 0.541 bits per heavy atom. The highest BCUT2D eigenvalue weighted by Crippen LogP contribution is 2.18. The van der Waals surface area contributed by atoms with Gasteiger partial charge in [-0.3, -0.25) is 14.4 Å². The highest BCUT2D eigenvalue weighted by Gasteiger charge is 2.19. The normalized spacial score (nSPS) is 12.0. The van der Waals surface area contributed by atoms with Crippen molar-refractivity contribution in [2.45, 2.75) is 310 Å². The van der Waals surface area contributed by atoms with E-state index in [0.29, 0.717) is 19.3 Å². The Morgan fingerprint density at radius 3 is 0.803 bits per heavy atom. The Kier molecular flexibility index (Phi) is 46.6. The fourth-order valence-corrected chi connectivity index (χ4v) is 8.34. The zero-order valence-corrected chi connectivity index (χ0v) is 41.8. The molecule has 0 unspecified atom stereocenters. The van der Waals surface area contributed by atoms with Gasteiger partial charge in [-0.05, 0) is 31.1 Å². The Balaban J connectivity index is 4.29. The van der Waals surface area contributed by atoms with Crippen molar-refractivity contribution in [1.29, 1.82) is 0 Å². The van der Waals surface area contributed by atoms with Crippen LogP contribution in [0.5, 0.6) is 0 Å². The van der Waals surface area contributed by atoms with Gasteiger partial charge in [-0.2, -0.15) is 0 Å². The lowest BCUT2D eigenvalue weighted by Gasteiger charge is -2.18. The second-order valence-electron chi connectivity index (χ2n) is 19.8. The van der Waals surface area contributed by atoms with E-state index in [1.54, 1.807) is 0 Å². The molecule has 0 bridgehead atoms. The van der Waals surface area contributed by atoms with Crippen molar-refractivity contribution in [3.63, 3.8) is 0 Å². The molecule has 6 nitrogen and oxygen atoms in total. The standard InChI is InChI=1S/C55H106O6/c1-6-7-8-9-10-11-12-13-17-21-26-32-37-42-47-55(58)61-52(49-60-54(57)46-41-36-31-27-22-24-29-34-39-44-51(4)5)48-59-53(56)45-40-35-30-25-20-18-15-14-16-19-23-28-33-38-43-50(2)3/h50-52H,6-49H2,1-5H3/t52-/m1/s1. The summed E-state index contributed by atoms with van der Waals surface area (Å²) < 4.78 is 16.8. The number of hydrogen-bond acceptors (Lipinski definition) is 6. The highest BCUT2D eigenvalue weighted by atomic mass is 16.6. The number of esters is 3. The van der Waals surface area contributed by atoms with Crippen molar-refractivity contribution < 1.29 is 28.6 Å². The van der Waals surface area contributed by atoms with Crippen molar-refractivity contribution in [2.75, 3.05) is 13.2 Å². The van der Waals surface area contributed by atoms with E-state index >= 15 is 0 Å². The second-order valence-corrected chi connectivity index (χ2v) is 19.8.